The van der Waals surface area contributed by atoms with Gasteiger partial charge in [0.15, 0.2) is 0 Å². The van der Waals surface area contributed by atoms with Crippen LogP contribution in [0.25, 0.3) is 0 Å². The largest absolute Gasteiger partial charge is 0.497 e. The third kappa shape index (κ3) is 4.38. The van der Waals surface area contributed by atoms with Gasteiger partial charge < -0.3 is 19.9 Å². The SMILES string of the molecule is COc1ccc2c(c1)N1CCN(c3ccccc3)C[C@H]1[C@H](C(=O)NCc1ccc(F)cc1)C2. The maximum atomic E-state index is 13.4. The fourth-order valence-corrected chi connectivity index (χ4v) is 5.00. The van der Waals surface area contributed by atoms with E-state index >= 15 is 0 Å². The highest BCUT2D eigenvalue weighted by atomic mass is 19.1. The predicted molar refractivity (Wildman–Crippen MR) is 128 cm³/mol. The lowest BCUT2D eigenvalue weighted by molar-refractivity contribution is -0.126. The van der Waals surface area contributed by atoms with Gasteiger partial charge in [-0.3, -0.25) is 4.79 Å². The van der Waals surface area contributed by atoms with Gasteiger partial charge in [-0.1, -0.05) is 36.4 Å². The molecule has 1 N–H and O–H groups in total. The Morgan fingerprint density at radius 1 is 1.06 bits per heavy atom. The minimum Gasteiger partial charge on any atom is -0.497 e. The van der Waals surface area contributed by atoms with Gasteiger partial charge in [0.25, 0.3) is 0 Å². The Morgan fingerprint density at radius 3 is 2.61 bits per heavy atom. The van der Waals surface area contributed by atoms with Crippen LogP contribution in [0.2, 0.25) is 0 Å². The van der Waals surface area contributed by atoms with Crippen molar-refractivity contribution in [2.45, 2.75) is 19.0 Å². The van der Waals surface area contributed by atoms with Crippen molar-refractivity contribution < 1.29 is 13.9 Å². The average molecular weight is 446 g/mol. The summed E-state index contributed by atoms with van der Waals surface area (Å²) in [6, 6.07) is 22.8. The summed E-state index contributed by atoms with van der Waals surface area (Å²) >= 11 is 0. The molecule has 0 bridgehead atoms. The molecule has 5 rings (SSSR count). The van der Waals surface area contributed by atoms with Crippen LogP contribution in [0.15, 0.2) is 72.8 Å². The van der Waals surface area contributed by atoms with Crippen LogP contribution < -0.4 is 19.9 Å². The molecule has 3 aromatic carbocycles. The topological polar surface area (TPSA) is 44.8 Å². The van der Waals surface area contributed by atoms with E-state index in [-0.39, 0.29) is 23.7 Å². The summed E-state index contributed by atoms with van der Waals surface area (Å²) in [5.41, 5.74) is 4.40. The van der Waals surface area contributed by atoms with Crippen LogP contribution in [0.4, 0.5) is 15.8 Å². The summed E-state index contributed by atoms with van der Waals surface area (Å²) in [5, 5.41) is 3.10. The number of nitrogens with zero attached hydrogens (tertiary/aromatic N) is 2. The zero-order valence-electron chi connectivity index (χ0n) is 18.7. The van der Waals surface area contributed by atoms with Crippen molar-refractivity contribution in [2.75, 3.05) is 36.5 Å². The molecule has 170 valence electrons. The van der Waals surface area contributed by atoms with Crippen molar-refractivity contribution in [2.24, 2.45) is 5.92 Å². The monoisotopic (exact) mass is 445 g/mol. The molecule has 1 saturated heterocycles. The van der Waals surface area contributed by atoms with E-state index in [1.807, 2.05) is 12.1 Å². The fraction of sp³-hybridized carbons (Fsp3) is 0.296. The van der Waals surface area contributed by atoms with Crippen LogP contribution in [0, 0.1) is 11.7 Å². The van der Waals surface area contributed by atoms with E-state index in [2.05, 4.69) is 51.5 Å². The summed E-state index contributed by atoms with van der Waals surface area (Å²) in [7, 11) is 1.68. The number of hydrogen-bond donors (Lipinski definition) is 1. The highest BCUT2D eigenvalue weighted by Crippen LogP contribution is 2.39. The van der Waals surface area contributed by atoms with E-state index < -0.39 is 0 Å². The third-order valence-electron chi connectivity index (χ3n) is 6.76. The quantitative estimate of drug-likeness (QED) is 0.645. The summed E-state index contributed by atoms with van der Waals surface area (Å²) in [6.45, 7) is 2.89. The van der Waals surface area contributed by atoms with Crippen molar-refractivity contribution in [3.63, 3.8) is 0 Å². The van der Waals surface area contributed by atoms with E-state index in [4.69, 9.17) is 4.74 Å². The minimum atomic E-state index is -0.275. The van der Waals surface area contributed by atoms with Crippen molar-refractivity contribution in [1.82, 2.24) is 5.32 Å². The Hall–Kier alpha value is -3.54. The standard InChI is InChI=1S/C27H28FN3O2/c1-33-23-12-9-20-15-24(27(32)29-17-19-7-10-21(28)11-8-19)26-18-30(22-5-3-2-4-6-22)13-14-31(26)25(20)16-23/h2-12,16,24,26H,13-15,17-18H2,1H3,(H,29,32)/t24-,26+/m1/s1. The molecule has 0 spiro atoms. The molecule has 33 heavy (non-hydrogen) atoms. The number of halogens is 1. The second-order valence-electron chi connectivity index (χ2n) is 8.69. The van der Waals surface area contributed by atoms with Gasteiger partial charge in [0.1, 0.15) is 11.6 Å². The van der Waals surface area contributed by atoms with Gasteiger partial charge in [-0.15, -0.1) is 0 Å². The predicted octanol–water partition coefficient (Wildman–Crippen LogP) is 4.02. The van der Waals surface area contributed by atoms with Crippen LogP contribution in [-0.4, -0.2) is 38.7 Å². The van der Waals surface area contributed by atoms with Gasteiger partial charge in [0.05, 0.1) is 19.1 Å². The summed E-state index contributed by atoms with van der Waals surface area (Å²) in [6.07, 6.45) is 0.679. The molecular weight excluding hydrogens is 417 g/mol. The molecule has 1 amide bonds. The Morgan fingerprint density at radius 2 is 1.85 bits per heavy atom. The number of fused-ring (bicyclic) bond motifs is 3. The van der Waals surface area contributed by atoms with Crippen LogP contribution >= 0.6 is 0 Å². The van der Waals surface area contributed by atoms with E-state index in [0.29, 0.717) is 13.0 Å². The van der Waals surface area contributed by atoms with E-state index in [1.54, 1.807) is 19.2 Å². The fourth-order valence-electron chi connectivity index (χ4n) is 5.00. The van der Waals surface area contributed by atoms with Crippen molar-refractivity contribution in [1.29, 1.82) is 0 Å². The Balaban J connectivity index is 1.41. The minimum absolute atomic E-state index is 0.0331. The molecule has 0 radical (unpaired) electrons. The lowest BCUT2D eigenvalue weighted by atomic mass is 9.83. The first-order valence-corrected chi connectivity index (χ1v) is 11.4. The number of anilines is 2. The van der Waals surface area contributed by atoms with Crippen molar-refractivity contribution >= 4 is 17.3 Å². The smallest absolute Gasteiger partial charge is 0.225 e. The first kappa shape index (κ1) is 21.3. The number of rotatable bonds is 5. The van der Waals surface area contributed by atoms with E-state index in [9.17, 15) is 9.18 Å². The van der Waals surface area contributed by atoms with Gasteiger partial charge in [-0.25, -0.2) is 4.39 Å². The molecule has 2 aliphatic heterocycles. The maximum absolute atomic E-state index is 13.4. The number of piperazine rings is 1. The number of methoxy groups -OCH3 is 1. The van der Waals surface area contributed by atoms with Crippen molar-refractivity contribution in [3.05, 3.63) is 89.7 Å². The normalized spacial score (nSPS) is 19.5. The first-order valence-electron chi connectivity index (χ1n) is 11.4. The van der Waals surface area contributed by atoms with Gasteiger partial charge in [0.2, 0.25) is 5.91 Å². The molecular formula is C27H28FN3O2. The van der Waals surface area contributed by atoms with Crippen molar-refractivity contribution in [3.8, 4) is 5.75 Å². The lowest BCUT2D eigenvalue weighted by Gasteiger charge is -2.49. The lowest BCUT2D eigenvalue weighted by Crippen LogP contribution is -2.61. The first-order chi connectivity index (χ1) is 16.1. The van der Waals surface area contributed by atoms with E-state index in [0.717, 1.165) is 36.6 Å². The second kappa shape index (κ2) is 9.14. The highest BCUT2D eigenvalue weighted by Gasteiger charge is 2.41. The van der Waals surface area contributed by atoms with Gasteiger partial charge in [-0.2, -0.15) is 0 Å². The molecule has 0 unspecified atom stereocenters. The van der Waals surface area contributed by atoms with Crippen LogP contribution in [0.3, 0.4) is 0 Å². The Labute approximate surface area is 193 Å². The number of ether oxygens (including phenoxy) is 1. The molecule has 1 fully saturated rings. The average Bonchev–Trinajstić information content (AvgIpc) is 2.87. The zero-order valence-corrected chi connectivity index (χ0v) is 18.7. The van der Waals surface area contributed by atoms with Crippen LogP contribution in [0.5, 0.6) is 5.75 Å². The molecule has 3 aromatic rings. The second-order valence-corrected chi connectivity index (χ2v) is 8.69. The Kier molecular flexibility index (Phi) is 5.90. The van der Waals surface area contributed by atoms with Gasteiger partial charge in [-0.05, 0) is 47.9 Å². The number of hydrogen-bond acceptors (Lipinski definition) is 4. The van der Waals surface area contributed by atoms with Crippen LogP contribution in [0.1, 0.15) is 11.1 Å². The zero-order chi connectivity index (χ0) is 22.8. The number of carbonyl (C=O) groups excluding carboxylic acids is 1. The van der Waals surface area contributed by atoms with Gasteiger partial charge >= 0.3 is 0 Å². The number of para-hydroxylation sites is 1. The molecule has 0 saturated carbocycles. The number of carbonyl (C=O) groups is 1. The maximum Gasteiger partial charge on any atom is 0.225 e. The molecule has 2 atom stereocenters. The summed E-state index contributed by atoms with van der Waals surface area (Å²) in [4.78, 5) is 18.2. The molecule has 5 nitrogen and oxygen atoms in total. The molecule has 0 aromatic heterocycles. The van der Waals surface area contributed by atoms with E-state index in [1.165, 1.54) is 23.4 Å². The Bertz CT molecular complexity index is 1120. The molecule has 6 heteroatoms. The summed E-state index contributed by atoms with van der Waals surface area (Å²) < 4.78 is 18.7. The third-order valence-corrected chi connectivity index (χ3v) is 6.76. The molecule has 0 aliphatic carbocycles. The number of amides is 1. The number of nitrogens with one attached hydrogen (secondary N) is 1. The van der Waals surface area contributed by atoms with Crippen LogP contribution in [-0.2, 0) is 17.8 Å². The summed E-state index contributed by atoms with van der Waals surface area (Å²) in [5.74, 6) is 0.406. The highest BCUT2D eigenvalue weighted by molar-refractivity contribution is 5.82. The molecule has 2 heterocycles. The molecule has 2 aliphatic rings. The number of benzene rings is 3. The van der Waals surface area contributed by atoms with Gasteiger partial charge in [0, 0.05) is 43.6 Å².